The van der Waals surface area contributed by atoms with E-state index < -0.39 is 31.9 Å². The van der Waals surface area contributed by atoms with Gasteiger partial charge in [0.15, 0.2) is 15.5 Å². The lowest BCUT2D eigenvalue weighted by Crippen LogP contribution is -2.50. The van der Waals surface area contributed by atoms with Crippen molar-refractivity contribution in [2.24, 2.45) is 5.73 Å². The molecular formula is C11H16ClN3O4S2. The maximum Gasteiger partial charge on any atom is 0.247 e. The van der Waals surface area contributed by atoms with Crippen molar-refractivity contribution in [3.63, 3.8) is 0 Å². The maximum atomic E-state index is 12.1. The van der Waals surface area contributed by atoms with E-state index in [1.54, 1.807) is 0 Å². The highest BCUT2D eigenvalue weighted by molar-refractivity contribution is 8.15. The van der Waals surface area contributed by atoms with Crippen LogP contribution in [0.25, 0.3) is 0 Å². The molecule has 0 radical (unpaired) electrons. The van der Waals surface area contributed by atoms with Gasteiger partial charge < -0.3 is 5.73 Å². The molecule has 0 fully saturated rings. The molecule has 1 rings (SSSR count). The SMILES string of the molecule is CCCCCC(CC(=O)c1nncs1)(C(N)=O)S(=O)(=O)Cl. The fourth-order valence-electron chi connectivity index (χ4n) is 1.92. The molecule has 21 heavy (non-hydrogen) atoms. The van der Waals surface area contributed by atoms with E-state index in [9.17, 15) is 18.0 Å². The quantitative estimate of drug-likeness (QED) is 0.408. The van der Waals surface area contributed by atoms with Gasteiger partial charge in [-0.25, -0.2) is 8.42 Å². The van der Waals surface area contributed by atoms with Crippen LogP contribution in [0.3, 0.4) is 0 Å². The normalized spacial score (nSPS) is 14.6. The van der Waals surface area contributed by atoms with Gasteiger partial charge in [0.25, 0.3) is 0 Å². The predicted molar refractivity (Wildman–Crippen MR) is 79.7 cm³/mol. The van der Waals surface area contributed by atoms with Gasteiger partial charge in [-0.05, 0) is 6.42 Å². The number of amides is 1. The van der Waals surface area contributed by atoms with Gasteiger partial charge in [0.2, 0.25) is 15.0 Å². The van der Waals surface area contributed by atoms with Crippen LogP contribution >= 0.6 is 22.0 Å². The zero-order valence-corrected chi connectivity index (χ0v) is 13.8. The highest BCUT2D eigenvalue weighted by Gasteiger charge is 2.50. The zero-order valence-electron chi connectivity index (χ0n) is 11.4. The summed E-state index contributed by atoms with van der Waals surface area (Å²) in [6, 6.07) is 0. The van der Waals surface area contributed by atoms with E-state index >= 15 is 0 Å². The van der Waals surface area contributed by atoms with Gasteiger partial charge in [-0.1, -0.05) is 37.5 Å². The van der Waals surface area contributed by atoms with Crippen LogP contribution in [-0.2, 0) is 13.8 Å². The molecule has 1 atom stereocenters. The summed E-state index contributed by atoms with van der Waals surface area (Å²) in [5, 5.41) is 7.10. The number of ketones is 1. The number of halogens is 1. The predicted octanol–water partition coefficient (Wildman–Crippen LogP) is 1.48. The molecule has 118 valence electrons. The lowest BCUT2D eigenvalue weighted by molar-refractivity contribution is -0.120. The van der Waals surface area contributed by atoms with E-state index in [2.05, 4.69) is 10.2 Å². The first-order valence-corrected chi connectivity index (χ1v) is 9.47. The zero-order chi connectivity index (χ0) is 16.1. The molecule has 0 aliphatic heterocycles. The van der Waals surface area contributed by atoms with Crippen LogP contribution in [-0.4, -0.2) is 35.1 Å². The standard InChI is InChI=1S/C11H16ClN3O4S2/c1-2-3-4-5-11(10(13)17,21(12,18)19)6-8(16)9-15-14-7-20-9/h7H,2-6H2,1H3,(H2,13,17). The van der Waals surface area contributed by atoms with E-state index in [4.69, 9.17) is 16.4 Å². The minimum absolute atomic E-state index is 0.0245. The second kappa shape index (κ2) is 7.28. The molecule has 0 saturated carbocycles. The minimum Gasteiger partial charge on any atom is -0.368 e. The fraction of sp³-hybridized carbons (Fsp3) is 0.636. The van der Waals surface area contributed by atoms with Crippen molar-refractivity contribution in [1.82, 2.24) is 10.2 Å². The number of aromatic nitrogens is 2. The number of carbonyl (C=O) groups is 2. The van der Waals surface area contributed by atoms with E-state index in [-0.39, 0.29) is 11.4 Å². The van der Waals surface area contributed by atoms with Crippen LogP contribution in [0.4, 0.5) is 0 Å². The molecule has 1 unspecified atom stereocenters. The first kappa shape index (κ1) is 18.0. The summed E-state index contributed by atoms with van der Waals surface area (Å²) >= 11 is 0.961. The Labute approximate surface area is 131 Å². The summed E-state index contributed by atoms with van der Waals surface area (Å²) in [7, 11) is 1.06. The van der Waals surface area contributed by atoms with Crippen molar-refractivity contribution in [2.75, 3.05) is 0 Å². The summed E-state index contributed by atoms with van der Waals surface area (Å²) in [5.74, 6) is -1.73. The molecule has 0 saturated heterocycles. The molecule has 0 spiro atoms. The first-order valence-electron chi connectivity index (χ1n) is 6.28. The topological polar surface area (TPSA) is 120 Å². The average Bonchev–Trinajstić information content (AvgIpc) is 2.89. The molecule has 7 nitrogen and oxygen atoms in total. The second-order valence-electron chi connectivity index (χ2n) is 4.60. The van der Waals surface area contributed by atoms with Crippen LogP contribution in [0.5, 0.6) is 0 Å². The third-order valence-electron chi connectivity index (χ3n) is 3.14. The van der Waals surface area contributed by atoms with Crippen molar-refractivity contribution in [1.29, 1.82) is 0 Å². The second-order valence-corrected chi connectivity index (χ2v) is 8.31. The number of unbranched alkanes of at least 4 members (excludes halogenated alkanes) is 2. The van der Waals surface area contributed by atoms with E-state index in [1.807, 2.05) is 6.92 Å². The molecule has 1 amide bonds. The number of hydrogen-bond acceptors (Lipinski definition) is 7. The molecule has 1 heterocycles. The Kier molecular flexibility index (Phi) is 6.24. The lowest BCUT2D eigenvalue weighted by atomic mass is 9.94. The molecule has 0 aliphatic carbocycles. The summed E-state index contributed by atoms with van der Waals surface area (Å²) in [6.45, 7) is 1.92. The van der Waals surface area contributed by atoms with Crippen molar-refractivity contribution >= 4 is 42.8 Å². The van der Waals surface area contributed by atoms with Gasteiger partial charge in [-0.15, -0.1) is 10.2 Å². The molecule has 0 bridgehead atoms. The van der Waals surface area contributed by atoms with Gasteiger partial charge >= 0.3 is 0 Å². The van der Waals surface area contributed by atoms with Crippen LogP contribution in [0, 0.1) is 0 Å². The Morgan fingerprint density at radius 2 is 2.10 bits per heavy atom. The molecular weight excluding hydrogens is 338 g/mol. The summed E-state index contributed by atoms with van der Waals surface area (Å²) in [4.78, 5) is 23.8. The molecule has 2 N–H and O–H groups in total. The number of rotatable bonds is 9. The Balaban J connectivity index is 3.11. The molecule has 0 aliphatic rings. The highest BCUT2D eigenvalue weighted by Crippen LogP contribution is 2.33. The fourth-order valence-corrected chi connectivity index (χ4v) is 3.96. The maximum absolute atomic E-state index is 12.1. The van der Waals surface area contributed by atoms with E-state index in [1.165, 1.54) is 5.51 Å². The number of Topliss-reactive ketones (excluding diaryl/α,β-unsaturated/α-hetero) is 1. The minimum atomic E-state index is -4.36. The number of carbonyl (C=O) groups excluding carboxylic acids is 2. The van der Waals surface area contributed by atoms with Crippen molar-refractivity contribution in [2.45, 2.75) is 43.8 Å². The summed E-state index contributed by atoms with van der Waals surface area (Å²) in [6.07, 6.45) is 1.24. The smallest absolute Gasteiger partial charge is 0.247 e. The van der Waals surface area contributed by atoms with Crippen molar-refractivity contribution in [3.05, 3.63) is 10.5 Å². The highest BCUT2D eigenvalue weighted by atomic mass is 35.7. The van der Waals surface area contributed by atoms with Gasteiger partial charge in [0.05, 0.1) is 0 Å². The largest absolute Gasteiger partial charge is 0.368 e. The van der Waals surface area contributed by atoms with Crippen LogP contribution in [0.2, 0.25) is 0 Å². The monoisotopic (exact) mass is 353 g/mol. The Morgan fingerprint density at radius 1 is 1.43 bits per heavy atom. The molecule has 0 aromatic carbocycles. The number of primary amides is 1. The summed E-state index contributed by atoms with van der Waals surface area (Å²) < 4.78 is 21.6. The van der Waals surface area contributed by atoms with Gasteiger partial charge in [-0.3, -0.25) is 9.59 Å². The number of hydrogen-bond donors (Lipinski definition) is 1. The van der Waals surface area contributed by atoms with E-state index in [0.717, 1.165) is 17.8 Å². The Morgan fingerprint density at radius 3 is 2.52 bits per heavy atom. The molecule has 10 heteroatoms. The number of nitrogens with two attached hydrogens (primary N) is 1. The lowest BCUT2D eigenvalue weighted by Gasteiger charge is -2.26. The van der Waals surface area contributed by atoms with Gasteiger partial charge in [0.1, 0.15) is 5.51 Å². The third kappa shape index (κ3) is 4.21. The van der Waals surface area contributed by atoms with Crippen LogP contribution in [0.15, 0.2) is 5.51 Å². The van der Waals surface area contributed by atoms with Crippen LogP contribution < -0.4 is 5.73 Å². The Hall–Kier alpha value is -1.06. The molecule has 1 aromatic heterocycles. The Bertz CT molecular complexity index is 603. The van der Waals surface area contributed by atoms with Crippen molar-refractivity contribution in [3.8, 4) is 0 Å². The number of nitrogens with zero attached hydrogens (tertiary/aromatic N) is 2. The summed E-state index contributed by atoms with van der Waals surface area (Å²) in [5.41, 5.74) is 6.59. The van der Waals surface area contributed by atoms with Gasteiger partial charge in [0, 0.05) is 17.1 Å². The van der Waals surface area contributed by atoms with E-state index in [0.29, 0.717) is 12.8 Å². The average molecular weight is 354 g/mol. The van der Waals surface area contributed by atoms with Gasteiger partial charge in [-0.2, -0.15) is 0 Å². The van der Waals surface area contributed by atoms with Crippen LogP contribution in [0.1, 0.15) is 48.8 Å². The first-order chi connectivity index (χ1) is 9.74. The third-order valence-corrected chi connectivity index (χ3v) is 6.25. The molecule has 1 aromatic rings. The van der Waals surface area contributed by atoms with Crippen molar-refractivity contribution < 1.29 is 18.0 Å².